The number of nitrogens with zero attached hydrogens (tertiary/aromatic N) is 1. The fraction of sp³-hybridized carbons (Fsp3) is 0.130. The van der Waals surface area contributed by atoms with Crippen molar-refractivity contribution in [1.29, 1.82) is 0 Å². The summed E-state index contributed by atoms with van der Waals surface area (Å²) in [5, 5.41) is -0.452. The first-order valence-corrected chi connectivity index (χ1v) is 9.36. The van der Waals surface area contributed by atoms with Gasteiger partial charge in [-0.1, -0.05) is 0 Å². The zero-order chi connectivity index (χ0) is 23.0. The Bertz CT molecular complexity index is 1290. The number of carbonyl (C=O) groups excluding carboxylic acids is 1. The van der Waals surface area contributed by atoms with Crippen molar-refractivity contribution in [1.82, 2.24) is 4.98 Å². The molecule has 32 heavy (non-hydrogen) atoms. The number of ketones is 1. The van der Waals surface area contributed by atoms with E-state index in [-0.39, 0.29) is 17.0 Å². The van der Waals surface area contributed by atoms with Crippen LogP contribution in [0.3, 0.4) is 0 Å². The van der Waals surface area contributed by atoms with Crippen molar-refractivity contribution in [3.63, 3.8) is 0 Å². The molecule has 164 valence electrons. The molecule has 9 heteroatoms. The molecule has 0 saturated heterocycles. The van der Waals surface area contributed by atoms with Crippen LogP contribution in [-0.4, -0.2) is 25.0 Å². The number of aromatic nitrogens is 1. The summed E-state index contributed by atoms with van der Waals surface area (Å²) in [6, 6.07) is 13.3. The number of methoxy groups -OCH3 is 2. The molecular formula is C23H17F3N2O4. The van der Waals surface area contributed by atoms with Gasteiger partial charge in [0.15, 0.2) is 0 Å². The van der Waals surface area contributed by atoms with E-state index in [0.717, 1.165) is 6.07 Å². The molecule has 2 aromatic heterocycles. The smallest absolute Gasteiger partial charge is 0.417 e. The lowest BCUT2D eigenvalue weighted by Gasteiger charge is -2.10. The minimum atomic E-state index is -4.75. The number of rotatable bonds is 5. The first-order chi connectivity index (χ1) is 15.2. The normalized spacial score (nSPS) is 11.5. The van der Waals surface area contributed by atoms with Crippen LogP contribution in [0.25, 0.3) is 22.4 Å². The maximum absolute atomic E-state index is 13.9. The van der Waals surface area contributed by atoms with Gasteiger partial charge < -0.3 is 19.6 Å². The average molecular weight is 442 g/mol. The van der Waals surface area contributed by atoms with Crippen LogP contribution >= 0.6 is 0 Å². The maximum Gasteiger partial charge on any atom is 0.417 e. The number of alkyl halides is 3. The van der Waals surface area contributed by atoms with Crippen LogP contribution in [0.15, 0.2) is 59.0 Å². The van der Waals surface area contributed by atoms with Crippen LogP contribution in [0.4, 0.5) is 18.9 Å². The Morgan fingerprint density at radius 3 is 2.06 bits per heavy atom. The number of halogens is 3. The molecule has 2 N–H and O–H groups in total. The van der Waals surface area contributed by atoms with Crippen molar-refractivity contribution in [3.8, 4) is 22.8 Å². The van der Waals surface area contributed by atoms with Crippen LogP contribution in [0.1, 0.15) is 21.7 Å². The lowest BCUT2D eigenvalue weighted by atomic mass is 10.0. The van der Waals surface area contributed by atoms with E-state index in [4.69, 9.17) is 19.6 Å². The molecule has 0 aliphatic carbocycles. The Morgan fingerprint density at radius 1 is 0.969 bits per heavy atom. The summed E-state index contributed by atoms with van der Waals surface area (Å²) in [4.78, 5) is 17.1. The van der Waals surface area contributed by atoms with Crippen molar-refractivity contribution < 1.29 is 31.9 Å². The number of hydrogen-bond donors (Lipinski definition) is 1. The van der Waals surface area contributed by atoms with Gasteiger partial charge in [-0.2, -0.15) is 13.2 Å². The molecule has 0 fully saturated rings. The van der Waals surface area contributed by atoms with Crippen molar-refractivity contribution in [3.05, 3.63) is 71.5 Å². The van der Waals surface area contributed by atoms with Gasteiger partial charge in [0, 0.05) is 11.1 Å². The molecule has 4 rings (SSSR count). The fourth-order valence-corrected chi connectivity index (χ4v) is 3.30. The third-order valence-corrected chi connectivity index (χ3v) is 4.95. The first kappa shape index (κ1) is 21.2. The maximum atomic E-state index is 13.9. The Balaban J connectivity index is 1.88. The van der Waals surface area contributed by atoms with Gasteiger partial charge in [0.05, 0.1) is 36.6 Å². The second-order valence-corrected chi connectivity index (χ2v) is 6.86. The van der Waals surface area contributed by atoms with Gasteiger partial charge >= 0.3 is 6.18 Å². The molecule has 2 heterocycles. The van der Waals surface area contributed by atoms with Gasteiger partial charge in [0.2, 0.25) is 17.3 Å². The molecule has 0 amide bonds. The van der Waals surface area contributed by atoms with Crippen molar-refractivity contribution in [2.75, 3.05) is 20.0 Å². The molecule has 0 radical (unpaired) electrons. The molecule has 0 unspecified atom stereocenters. The van der Waals surface area contributed by atoms with Crippen LogP contribution in [-0.2, 0) is 6.18 Å². The summed E-state index contributed by atoms with van der Waals surface area (Å²) in [5.41, 5.74) is 4.75. The average Bonchev–Trinajstić information content (AvgIpc) is 3.13. The van der Waals surface area contributed by atoms with E-state index in [0.29, 0.717) is 17.1 Å². The molecule has 0 saturated carbocycles. The van der Waals surface area contributed by atoms with E-state index in [1.165, 1.54) is 26.4 Å². The van der Waals surface area contributed by atoms with Crippen LogP contribution in [0.5, 0.6) is 11.5 Å². The minimum absolute atomic E-state index is 0.0182. The molecule has 0 aliphatic rings. The number of hydrogen-bond acceptors (Lipinski definition) is 6. The minimum Gasteiger partial charge on any atom is -0.497 e. The molecule has 6 nitrogen and oxygen atoms in total. The Kier molecular flexibility index (Phi) is 5.25. The van der Waals surface area contributed by atoms with E-state index >= 15 is 0 Å². The van der Waals surface area contributed by atoms with E-state index in [1.807, 2.05) is 0 Å². The van der Waals surface area contributed by atoms with Crippen molar-refractivity contribution in [2.24, 2.45) is 0 Å². The molecular weight excluding hydrogens is 425 g/mol. The number of benzene rings is 2. The van der Waals surface area contributed by atoms with Crippen LogP contribution in [0, 0.1) is 0 Å². The number of nitrogens with two attached hydrogens (primary N) is 1. The summed E-state index contributed by atoms with van der Waals surface area (Å²) in [6.07, 6.45) is -4.75. The number of carbonyl (C=O) groups is 1. The fourth-order valence-electron chi connectivity index (χ4n) is 3.30. The predicted molar refractivity (Wildman–Crippen MR) is 112 cm³/mol. The Labute approximate surface area is 180 Å². The van der Waals surface area contributed by atoms with Gasteiger partial charge in [-0.25, -0.2) is 4.98 Å². The quantitative estimate of drug-likeness (QED) is 0.420. The highest BCUT2D eigenvalue weighted by Gasteiger charge is 2.37. The molecule has 2 aromatic carbocycles. The van der Waals surface area contributed by atoms with Gasteiger partial charge in [0.1, 0.15) is 11.5 Å². The third kappa shape index (κ3) is 3.73. The van der Waals surface area contributed by atoms with Gasteiger partial charge in [-0.05, 0) is 54.6 Å². The highest BCUT2D eigenvalue weighted by Crippen LogP contribution is 2.42. The first-order valence-electron chi connectivity index (χ1n) is 9.36. The number of nitrogen functional groups attached to an aromatic ring is 1. The van der Waals surface area contributed by atoms with E-state index < -0.39 is 34.4 Å². The molecule has 0 atom stereocenters. The van der Waals surface area contributed by atoms with Gasteiger partial charge in [-0.15, -0.1) is 0 Å². The second-order valence-electron chi connectivity index (χ2n) is 6.86. The van der Waals surface area contributed by atoms with Gasteiger partial charge in [0.25, 0.3) is 0 Å². The lowest BCUT2D eigenvalue weighted by Crippen LogP contribution is -2.08. The van der Waals surface area contributed by atoms with Crippen LogP contribution in [0.2, 0.25) is 0 Å². The lowest BCUT2D eigenvalue weighted by molar-refractivity contribution is -0.136. The topological polar surface area (TPSA) is 87.6 Å². The number of fused-ring (bicyclic) bond motifs is 1. The molecule has 0 aliphatic heterocycles. The molecule has 0 spiro atoms. The summed E-state index contributed by atoms with van der Waals surface area (Å²) < 4.78 is 57.2. The largest absolute Gasteiger partial charge is 0.497 e. The SMILES string of the molecule is COc1ccc(C(=O)c2oc3nc(-c4ccc(OC)cc4)cc(C(F)(F)F)c3c2N)cc1. The van der Waals surface area contributed by atoms with Crippen molar-refractivity contribution >= 4 is 22.6 Å². The third-order valence-electron chi connectivity index (χ3n) is 4.95. The van der Waals surface area contributed by atoms with Crippen molar-refractivity contribution in [2.45, 2.75) is 6.18 Å². The standard InChI is InChI=1S/C23H17F3N2O4/c1-30-14-7-3-12(4-8-14)17-11-16(23(24,25)26)18-19(27)21(32-22(18)28-17)20(29)13-5-9-15(31-2)10-6-13/h3-11H,27H2,1-2H3. The van der Waals surface area contributed by atoms with E-state index in [2.05, 4.69) is 4.98 Å². The number of furan rings is 1. The van der Waals surface area contributed by atoms with Gasteiger partial charge in [-0.3, -0.25) is 4.79 Å². The zero-order valence-electron chi connectivity index (χ0n) is 17.0. The second kappa shape index (κ2) is 7.92. The Hall–Kier alpha value is -4.01. The van der Waals surface area contributed by atoms with Crippen LogP contribution < -0.4 is 15.2 Å². The number of anilines is 1. The van der Waals surface area contributed by atoms with E-state index in [9.17, 15) is 18.0 Å². The summed E-state index contributed by atoms with van der Waals surface area (Å²) in [6.45, 7) is 0. The highest BCUT2D eigenvalue weighted by atomic mass is 19.4. The summed E-state index contributed by atoms with van der Waals surface area (Å²) >= 11 is 0. The monoisotopic (exact) mass is 442 g/mol. The number of ether oxygens (including phenoxy) is 2. The summed E-state index contributed by atoms with van der Waals surface area (Å²) in [7, 11) is 2.95. The zero-order valence-corrected chi connectivity index (χ0v) is 17.0. The van der Waals surface area contributed by atoms with E-state index in [1.54, 1.807) is 36.4 Å². The predicted octanol–water partition coefficient (Wildman–Crippen LogP) is 5.34. The summed E-state index contributed by atoms with van der Waals surface area (Å²) in [5.74, 6) is -0.0119. The highest BCUT2D eigenvalue weighted by molar-refractivity contribution is 6.14. The Morgan fingerprint density at radius 2 is 1.53 bits per heavy atom. The molecule has 0 bridgehead atoms. The molecule has 4 aromatic rings. The number of pyridine rings is 1.